The van der Waals surface area contributed by atoms with Gasteiger partial charge in [0.2, 0.25) is 0 Å². The summed E-state index contributed by atoms with van der Waals surface area (Å²) in [5.41, 5.74) is 0. The number of methoxy groups -OCH3 is 1. The van der Waals surface area contributed by atoms with Crippen LogP contribution in [0.5, 0.6) is 0 Å². The largest absolute Gasteiger partial charge is 0.466 e. The molecule has 6 nitrogen and oxygen atoms in total. The zero-order valence-electron chi connectivity index (χ0n) is 9.59. The summed E-state index contributed by atoms with van der Waals surface area (Å²) in [6.45, 7) is 1.38. The van der Waals surface area contributed by atoms with E-state index in [1.165, 1.54) is 7.11 Å². The molecule has 0 amide bonds. The maximum absolute atomic E-state index is 11.3. The first-order valence-electron chi connectivity index (χ1n) is 5.19. The molecule has 1 aliphatic heterocycles. The highest BCUT2D eigenvalue weighted by Crippen LogP contribution is 2.07. The monoisotopic (exact) mass is 261 g/mol. The number of hydrogen-bond donors (Lipinski definition) is 0. The first-order chi connectivity index (χ1) is 8.13. The molecule has 1 heterocycles. The predicted octanol–water partition coefficient (Wildman–Crippen LogP) is -0.372. The Morgan fingerprint density at radius 3 is 2.65 bits per heavy atom. The van der Waals surface area contributed by atoms with E-state index in [2.05, 4.69) is 4.74 Å². The van der Waals surface area contributed by atoms with E-state index in [0.29, 0.717) is 12.3 Å². The van der Waals surface area contributed by atoms with Gasteiger partial charge in [-0.1, -0.05) is 0 Å². The van der Waals surface area contributed by atoms with Crippen LogP contribution in [0.1, 0.15) is 6.42 Å². The van der Waals surface area contributed by atoms with Gasteiger partial charge in [0.1, 0.15) is 6.61 Å². The van der Waals surface area contributed by atoms with Crippen LogP contribution >= 0.6 is 0 Å². The lowest BCUT2D eigenvalue weighted by atomic mass is 10.5. The second-order valence-electron chi connectivity index (χ2n) is 3.33. The van der Waals surface area contributed by atoms with Gasteiger partial charge in [0.15, 0.2) is 0 Å². The van der Waals surface area contributed by atoms with Gasteiger partial charge in [-0.3, -0.25) is 0 Å². The summed E-state index contributed by atoms with van der Waals surface area (Å²) in [6.07, 6.45) is 2.91. The minimum Gasteiger partial charge on any atom is -0.466 e. The fourth-order valence-corrected chi connectivity index (χ4v) is 2.55. The molecule has 7 heteroatoms. The SMILES string of the molecule is COC(=O)C=CC(=O)OCCN1CCCS1=O. The molecule has 1 atom stereocenters. The van der Waals surface area contributed by atoms with Gasteiger partial charge < -0.3 is 9.47 Å². The summed E-state index contributed by atoms with van der Waals surface area (Å²) < 4.78 is 22.2. The lowest BCUT2D eigenvalue weighted by Gasteiger charge is -2.12. The van der Waals surface area contributed by atoms with Crippen LogP contribution in [0.2, 0.25) is 0 Å². The Bertz CT molecular complexity index is 342. The third kappa shape index (κ3) is 5.10. The van der Waals surface area contributed by atoms with E-state index in [1.54, 1.807) is 4.31 Å². The van der Waals surface area contributed by atoms with E-state index in [4.69, 9.17) is 4.74 Å². The molecular weight excluding hydrogens is 246 g/mol. The van der Waals surface area contributed by atoms with Gasteiger partial charge in [-0.05, 0) is 6.42 Å². The van der Waals surface area contributed by atoms with E-state index >= 15 is 0 Å². The van der Waals surface area contributed by atoms with Crippen molar-refractivity contribution in [2.24, 2.45) is 0 Å². The Balaban J connectivity index is 2.18. The number of rotatable bonds is 5. The van der Waals surface area contributed by atoms with E-state index in [0.717, 1.165) is 25.1 Å². The number of ether oxygens (including phenoxy) is 2. The van der Waals surface area contributed by atoms with Gasteiger partial charge in [0, 0.05) is 31.0 Å². The lowest BCUT2D eigenvalue weighted by molar-refractivity contribution is -0.139. The minimum absolute atomic E-state index is 0.163. The zero-order valence-corrected chi connectivity index (χ0v) is 10.4. The topological polar surface area (TPSA) is 72.9 Å². The lowest BCUT2D eigenvalue weighted by Crippen LogP contribution is -2.26. The van der Waals surface area contributed by atoms with Crippen molar-refractivity contribution in [1.82, 2.24) is 4.31 Å². The van der Waals surface area contributed by atoms with Gasteiger partial charge >= 0.3 is 11.9 Å². The minimum atomic E-state index is -0.938. The van der Waals surface area contributed by atoms with Gasteiger partial charge in [0.05, 0.1) is 18.1 Å². The van der Waals surface area contributed by atoms with Crippen molar-refractivity contribution in [3.63, 3.8) is 0 Å². The maximum Gasteiger partial charge on any atom is 0.331 e. The molecule has 0 saturated carbocycles. The maximum atomic E-state index is 11.3. The molecule has 0 N–H and O–H groups in total. The van der Waals surface area contributed by atoms with Crippen LogP contribution in [0.25, 0.3) is 0 Å². The van der Waals surface area contributed by atoms with Crippen molar-refractivity contribution in [2.75, 3.05) is 32.6 Å². The summed E-state index contributed by atoms with van der Waals surface area (Å²) in [4.78, 5) is 21.8. The summed E-state index contributed by atoms with van der Waals surface area (Å²) in [7, 11) is 0.285. The van der Waals surface area contributed by atoms with Crippen LogP contribution in [0.3, 0.4) is 0 Å². The molecule has 96 valence electrons. The number of nitrogens with zero attached hydrogens (tertiary/aromatic N) is 1. The number of carbonyl (C=O) groups is 2. The normalized spacial score (nSPS) is 20.6. The van der Waals surface area contributed by atoms with Crippen LogP contribution in [-0.2, 0) is 30.0 Å². The molecule has 0 bridgehead atoms. The summed E-state index contributed by atoms with van der Waals surface area (Å²) >= 11 is 0. The van der Waals surface area contributed by atoms with Crippen LogP contribution in [0.15, 0.2) is 12.2 Å². The fraction of sp³-hybridized carbons (Fsp3) is 0.600. The zero-order chi connectivity index (χ0) is 12.7. The van der Waals surface area contributed by atoms with Crippen LogP contribution < -0.4 is 0 Å². The molecule has 1 rings (SSSR count). The molecule has 17 heavy (non-hydrogen) atoms. The van der Waals surface area contributed by atoms with Crippen molar-refractivity contribution < 1.29 is 23.3 Å². The molecule has 0 aromatic heterocycles. The number of carbonyl (C=O) groups excluding carboxylic acids is 2. The molecular formula is C10H15NO5S. The van der Waals surface area contributed by atoms with Crippen molar-refractivity contribution in [3.05, 3.63) is 12.2 Å². The Labute approximate surface area is 102 Å². The van der Waals surface area contributed by atoms with Crippen LogP contribution in [-0.4, -0.2) is 53.0 Å². The van der Waals surface area contributed by atoms with Crippen molar-refractivity contribution in [1.29, 1.82) is 0 Å². The first kappa shape index (κ1) is 13.9. The van der Waals surface area contributed by atoms with Crippen molar-refractivity contribution in [3.8, 4) is 0 Å². The number of hydrogen-bond acceptors (Lipinski definition) is 5. The van der Waals surface area contributed by atoms with E-state index < -0.39 is 22.9 Å². The predicted molar refractivity (Wildman–Crippen MR) is 61.3 cm³/mol. The van der Waals surface area contributed by atoms with E-state index in [1.807, 2.05) is 0 Å². The third-order valence-corrected chi connectivity index (χ3v) is 3.74. The Kier molecular flexibility index (Phi) is 5.85. The average Bonchev–Trinajstić information content (AvgIpc) is 2.72. The highest BCUT2D eigenvalue weighted by molar-refractivity contribution is 7.82. The van der Waals surface area contributed by atoms with Crippen molar-refractivity contribution >= 4 is 22.9 Å². The Morgan fingerprint density at radius 1 is 1.35 bits per heavy atom. The molecule has 0 spiro atoms. The molecule has 0 radical (unpaired) electrons. The molecule has 1 fully saturated rings. The van der Waals surface area contributed by atoms with Crippen LogP contribution in [0.4, 0.5) is 0 Å². The quantitative estimate of drug-likeness (QED) is 0.498. The van der Waals surface area contributed by atoms with Crippen molar-refractivity contribution in [2.45, 2.75) is 6.42 Å². The summed E-state index contributed by atoms with van der Waals surface area (Å²) in [6, 6.07) is 0. The van der Waals surface area contributed by atoms with E-state index in [9.17, 15) is 13.8 Å². The van der Waals surface area contributed by atoms with Gasteiger partial charge in [0.25, 0.3) is 0 Å². The molecule has 1 aliphatic rings. The molecule has 1 unspecified atom stereocenters. The first-order valence-corrected chi connectivity index (χ1v) is 6.47. The molecule has 0 aliphatic carbocycles. The Hall–Kier alpha value is -1.21. The average molecular weight is 261 g/mol. The molecule has 1 saturated heterocycles. The van der Waals surface area contributed by atoms with E-state index in [-0.39, 0.29) is 6.61 Å². The standard InChI is InChI=1S/C10H15NO5S/c1-15-9(12)3-4-10(13)16-7-6-11-5-2-8-17(11)14/h3-4H,2,5-8H2,1H3. The summed E-state index contributed by atoms with van der Waals surface area (Å²) in [5.74, 6) is -0.543. The second kappa shape index (κ2) is 7.18. The van der Waals surface area contributed by atoms with Gasteiger partial charge in [-0.15, -0.1) is 0 Å². The third-order valence-electron chi connectivity index (χ3n) is 2.16. The molecule has 0 aromatic rings. The highest BCUT2D eigenvalue weighted by atomic mass is 32.2. The smallest absolute Gasteiger partial charge is 0.331 e. The Morgan fingerprint density at radius 2 is 2.06 bits per heavy atom. The fourth-order valence-electron chi connectivity index (χ4n) is 1.31. The number of esters is 2. The van der Waals surface area contributed by atoms with Gasteiger partial charge in [-0.2, -0.15) is 0 Å². The molecule has 0 aromatic carbocycles. The summed E-state index contributed by atoms with van der Waals surface area (Å²) in [5, 5.41) is 0. The highest BCUT2D eigenvalue weighted by Gasteiger charge is 2.19. The van der Waals surface area contributed by atoms with Gasteiger partial charge in [-0.25, -0.2) is 18.1 Å². The second-order valence-corrected chi connectivity index (χ2v) is 4.90. The van der Waals surface area contributed by atoms with Crippen LogP contribution in [0, 0.1) is 0 Å².